The predicted octanol–water partition coefficient (Wildman–Crippen LogP) is 3.52. The van der Waals surface area contributed by atoms with E-state index in [1.54, 1.807) is 0 Å². The van der Waals surface area contributed by atoms with Crippen LogP contribution < -0.4 is 5.32 Å². The maximum absolute atomic E-state index is 4.39. The zero-order valence-corrected chi connectivity index (χ0v) is 12.4. The summed E-state index contributed by atoms with van der Waals surface area (Å²) in [6, 6.07) is 0.797. The van der Waals surface area contributed by atoms with Crippen molar-refractivity contribution in [3.8, 4) is 0 Å². The normalized spacial score (nSPS) is 17.0. The van der Waals surface area contributed by atoms with Gasteiger partial charge in [-0.2, -0.15) is 0 Å². The largest absolute Gasteiger partial charge is 0.314 e. The van der Waals surface area contributed by atoms with Crippen LogP contribution in [0.1, 0.15) is 68.3 Å². The van der Waals surface area contributed by atoms with Crippen LogP contribution in [0.4, 0.5) is 0 Å². The second kappa shape index (κ2) is 7.19. The van der Waals surface area contributed by atoms with Crippen molar-refractivity contribution in [2.45, 2.75) is 70.8 Å². The van der Waals surface area contributed by atoms with Gasteiger partial charge >= 0.3 is 0 Å². The Labute approximate surface area is 114 Å². The molecule has 102 valence electrons. The molecule has 3 nitrogen and oxygen atoms in total. The molecule has 0 amide bonds. The molecule has 0 bridgehead atoms. The number of aromatic nitrogens is 2. The molecule has 1 atom stereocenters. The maximum atomic E-state index is 4.39. The van der Waals surface area contributed by atoms with Crippen LogP contribution in [-0.4, -0.2) is 22.8 Å². The van der Waals surface area contributed by atoms with Crippen molar-refractivity contribution in [1.29, 1.82) is 0 Å². The van der Waals surface area contributed by atoms with E-state index in [2.05, 4.69) is 29.4 Å². The van der Waals surface area contributed by atoms with Crippen LogP contribution >= 0.6 is 11.3 Å². The van der Waals surface area contributed by atoms with Crippen molar-refractivity contribution in [3.63, 3.8) is 0 Å². The molecule has 0 spiro atoms. The highest BCUT2D eigenvalue weighted by atomic mass is 32.1. The molecule has 0 aromatic carbocycles. The van der Waals surface area contributed by atoms with Crippen LogP contribution in [0.25, 0.3) is 0 Å². The van der Waals surface area contributed by atoms with E-state index in [4.69, 9.17) is 0 Å². The summed E-state index contributed by atoms with van der Waals surface area (Å²) >= 11 is 1.83. The SMILES string of the molecule is CCCCC(CC)c1nnc(CCNC2CC2)s1. The zero-order valence-electron chi connectivity index (χ0n) is 11.6. The van der Waals surface area contributed by atoms with Crippen molar-refractivity contribution in [3.05, 3.63) is 10.0 Å². The van der Waals surface area contributed by atoms with E-state index in [1.807, 2.05) is 11.3 Å². The molecule has 0 aliphatic heterocycles. The fourth-order valence-electron chi connectivity index (χ4n) is 2.16. The number of nitrogens with one attached hydrogen (secondary N) is 1. The summed E-state index contributed by atoms with van der Waals surface area (Å²) in [5.41, 5.74) is 0. The van der Waals surface area contributed by atoms with Gasteiger partial charge in [0.25, 0.3) is 0 Å². The lowest BCUT2D eigenvalue weighted by Gasteiger charge is -2.09. The average molecular weight is 267 g/mol. The molecule has 1 aliphatic carbocycles. The quantitative estimate of drug-likeness (QED) is 0.744. The Morgan fingerprint density at radius 2 is 2.17 bits per heavy atom. The lowest BCUT2D eigenvalue weighted by atomic mass is 10.0. The first-order valence-corrected chi connectivity index (χ1v) is 8.20. The molecule has 4 heteroatoms. The molecule has 1 aliphatic rings. The highest BCUT2D eigenvalue weighted by molar-refractivity contribution is 7.11. The van der Waals surface area contributed by atoms with Gasteiger partial charge in [0.2, 0.25) is 0 Å². The molecule has 1 heterocycles. The minimum atomic E-state index is 0.632. The highest BCUT2D eigenvalue weighted by Gasteiger charge is 2.20. The topological polar surface area (TPSA) is 37.8 Å². The zero-order chi connectivity index (χ0) is 12.8. The van der Waals surface area contributed by atoms with Gasteiger partial charge in [-0.05, 0) is 25.7 Å². The molecule has 2 rings (SSSR count). The predicted molar refractivity (Wildman–Crippen MR) is 77.2 cm³/mol. The third kappa shape index (κ3) is 4.32. The summed E-state index contributed by atoms with van der Waals surface area (Å²) < 4.78 is 0. The lowest BCUT2D eigenvalue weighted by Crippen LogP contribution is -2.19. The van der Waals surface area contributed by atoms with Crippen LogP contribution in [0.2, 0.25) is 0 Å². The number of hydrogen-bond donors (Lipinski definition) is 1. The Kier molecular flexibility index (Phi) is 5.57. The van der Waals surface area contributed by atoms with E-state index < -0.39 is 0 Å². The molecular weight excluding hydrogens is 242 g/mol. The first-order valence-electron chi connectivity index (χ1n) is 7.39. The van der Waals surface area contributed by atoms with Crippen LogP contribution in [-0.2, 0) is 6.42 Å². The van der Waals surface area contributed by atoms with Gasteiger partial charge < -0.3 is 5.32 Å². The molecular formula is C14H25N3S. The van der Waals surface area contributed by atoms with Crippen LogP contribution in [0, 0.1) is 0 Å². The minimum Gasteiger partial charge on any atom is -0.314 e. The fourth-order valence-corrected chi connectivity index (χ4v) is 3.22. The summed E-state index contributed by atoms with van der Waals surface area (Å²) in [6.07, 6.45) is 8.78. The van der Waals surface area contributed by atoms with Gasteiger partial charge in [-0.3, -0.25) is 0 Å². The molecule has 1 aromatic rings. The number of rotatable bonds is 9. The molecule has 18 heavy (non-hydrogen) atoms. The number of hydrogen-bond acceptors (Lipinski definition) is 4. The van der Waals surface area contributed by atoms with Gasteiger partial charge in [-0.15, -0.1) is 21.5 Å². The first-order chi connectivity index (χ1) is 8.83. The van der Waals surface area contributed by atoms with Crippen molar-refractivity contribution in [2.24, 2.45) is 0 Å². The summed E-state index contributed by atoms with van der Waals surface area (Å²) in [5.74, 6) is 0.632. The Hall–Kier alpha value is -0.480. The maximum Gasteiger partial charge on any atom is 0.120 e. The molecule has 0 saturated heterocycles. The van der Waals surface area contributed by atoms with E-state index in [0.717, 1.165) is 19.0 Å². The molecule has 0 radical (unpaired) electrons. The summed E-state index contributed by atoms with van der Waals surface area (Å²) in [7, 11) is 0. The van der Waals surface area contributed by atoms with E-state index in [9.17, 15) is 0 Å². The molecule has 1 unspecified atom stereocenters. The third-order valence-electron chi connectivity index (χ3n) is 3.58. The monoisotopic (exact) mass is 267 g/mol. The van der Waals surface area contributed by atoms with E-state index >= 15 is 0 Å². The van der Waals surface area contributed by atoms with Crippen molar-refractivity contribution in [2.75, 3.05) is 6.54 Å². The van der Waals surface area contributed by atoms with Gasteiger partial charge in [0.1, 0.15) is 10.0 Å². The van der Waals surface area contributed by atoms with Gasteiger partial charge in [-0.1, -0.05) is 26.7 Å². The fraction of sp³-hybridized carbons (Fsp3) is 0.857. The summed E-state index contributed by atoms with van der Waals surface area (Å²) in [4.78, 5) is 0. The van der Waals surface area contributed by atoms with Gasteiger partial charge in [0, 0.05) is 24.9 Å². The number of nitrogens with zero attached hydrogens (tertiary/aromatic N) is 2. The van der Waals surface area contributed by atoms with Crippen molar-refractivity contribution in [1.82, 2.24) is 15.5 Å². The molecule has 1 fully saturated rings. The number of unbranched alkanes of at least 4 members (excludes halogenated alkanes) is 1. The Morgan fingerprint density at radius 1 is 1.33 bits per heavy atom. The molecule has 1 N–H and O–H groups in total. The second-order valence-corrected chi connectivity index (χ2v) is 6.35. The molecule has 1 aromatic heterocycles. The van der Waals surface area contributed by atoms with Crippen molar-refractivity contribution < 1.29 is 0 Å². The van der Waals surface area contributed by atoms with Crippen LogP contribution in [0.15, 0.2) is 0 Å². The lowest BCUT2D eigenvalue weighted by molar-refractivity contribution is 0.563. The van der Waals surface area contributed by atoms with Gasteiger partial charge in [-0.25, -0.2) is 0 Å². The standard InChI is InChI=1S/C14H25N3S/c1-3-5-6-11(4-2)14-17-16-13(18-14)9-10-15-12-7-8-12/h11-12,15H,3-10H2,1-2H3. The van der Waals surface area contributed by atoms with Gasteiger partial charge in [0.15, 0.2) is 0 Å². The molecule has 1 saturated carbocycles. The Balaban J connectivity index is 1.78. The van der Waals surface area contributed by atoms with Crippen LogP contribution in [0.5, 0.6) is 0 Å². The van der Waals surface area contributed by atoms with Crippen LogP contribution in [0.3, 0.4) is 0 Å². The minimum absolute atomic E-state index is 0.632. The van der Waals surface area contributed by atoms with Gasteiger partial charge in [0.05, 0.1) is 0 Å². The van der Waals surface area contributed by atoms with E-state index in [-0.39, 0.29) is 0 Å². The smallest absolute Gasteiger partial charge is 0.120 e. The van der Waals surface area contributed by atoms with Crippen molar-refractivity contribution >= 4 is 11.3 Å². The summed E-state index contributed by atoms with van der Waals surface area (Å²) in [5, 5.41) is 14.7. The highest BCUT2D eigenvalue weighted by Crippen LogP contribution is 2.28. The first kappa shape index (κ1) is 13.9. The third-order valence-corrected chi connectivity index (χ3v) is 4.73. The van der Waals surface area contributed by atoms with E-state index in [0.29, 0.717) is 5.92 Å². The van der Waals surface area contributed by atoms with E-state index in [1.165, 1.54) is 48.5 Å². The Bertz CT molecular complexity index is 347. The summed E-state index contributed by atoms with van der Waals surface area (Å²) in [6.45, 7) is 5.57. The average Bonchev–Trinajstić information content (AvgIpc) is 3.09. The Morgan fingerprint density at radius 3 is 2.83 bits per heavy atom. The second-order valence-electron chi connectivity index (χ2n) is 5.26.